The molecule has 2 rings (SSSR count). The molecule has 2 nitrogen and oxygen atoms in total. The zero-order chi connectivity index (χ0) is 12.3. The first-order chi connectivity index (χ1) is 8.18. The lowest BCUT2D eigenvalue weighted by Crippen LogP contribution is -2.16. The van der Waals surface area contributed by atoms with Crippen LogP contribution >= 0.6 is 11.8 Å². The maximum absolute atomic E-state index is 12.2. The lowest BCUT2D eigenvalue weighted by molar-refractivity contribution is -0.0501. The molecular formula is C12H12F2O2S. The Balaban J connectivity index is 2.21. The molecule has 1 atom stereocenters. The smallest absolute Gasteiger partial charge is 0.387 e. The standard InChI is InChI=1S/C12H12F2O2S/c13-12(14)16-10-4-2-1-3-9(10)11(15)8-5-6-17-7-8/h1-4,8,12H,5-7H2. The number of ketones is 1. The number of halogens is 2. The largest absolute Gasteiger partial charge is 0.434 e. The number of alkyl halides is 2. The van der Waals surface area contributed by atoms with E-state index in [-0.39, 0.29) is 23.0 Å². The van der Waals surface area contributed by atoms with Crippen molar-refractivity contribution in [3.63, 3.8) is 0 Å². The molecule has 1 aliphatic rings. The van der Waals surface area contributed by atoms with Crippen molar-refractivity contribution in [1.29, 1.82) is 0 Å². The van der Waals surface area contributed by atoms with Gasteiger partial charge in [0.05, 0.1) is 5.56 Å². The molecule has 0 aliphatic carbocycles. The summed E-state index contributed by atoms with van der Waals surface area (Å²) < 4.78 is 28.8. The number of para-hydroxylation sites is 1. The number of hydrogen-bond donors (Lipinski definition) is 0. The van der Waals surface area contributed by atoms with Crippen molar-refractivity contribution in [2.75, 3.05) is 11.5 Å². The summed E-state index contributed by atoms with van der Waals surface area (Å²) in [7, 11) is 0. The molecule has 0 aromatic heterocycles. The van der Waals surface area contributed by atoms with Crippen molar-refractivity contribution >= 4 is 17.5 Å². The van der Waals surface area contributed by atoms with Gasteiger partial charge >= 0.3 is 6.61 Å². The maximum Gasteiger partial charge on any atom is 0.387 e. The van der Waals surface area contributed by atoms with Gasteiger partial charge in [-0.1, -0.05) is 12.1 Å². The summed E-state index contributed by atoms with van der Waals surface area (Å²) in [6.45, 7) is -2.90. The average molecular weight is 258 g/mol. The van der Waals surface area contributed by atoms with Crippen molar-refractivity contribution < 1.29 is 18.3 Å². The molecule has 5 heteroatoms. The van der Waals surface area contributed by atoms with Gasteiger partial charge in [-0.3, -0.25) is 4.79 Å². The predicted octanol–water partition coefficient (Wildman–Crippen LogP) is 3.22. The van der Waals surface area contributed by atoms with E-state index in [4.69, 9.17) is 0 Å². The number of rotatable bonds is 4. The first-order valence-corrected chi connectivity index (χ1v) is 6.49. The zero-order valence-electron chi connectivity index (χ0n) is 9.07. The Labute approximate surface area is 102 Å². The van der Waals surface area contributed by atoms with Crippen molar-refractivity contribution in [2.24, 2.45) is 5.92 Å². The molecule has 1 heterocycles. The Kier molecular flexibility index (Phi) is 3.99. The molecule has 1 fully saturated rings. The number of thioether (sulfide) groups is 1. The molecule has 0 spiro atoms. The Morgan fingerprint density at radius 2 is 2.18 bits per heavy atom. The van der Waals surface area contributed by atoms with E-state index in [0.29, 0.717) is 0 Å². The van der Waals surface area contributed by atoms with Crippen molar-refractivity contribution in [2.45, 2.75) is 13.0 Å². The van der Waals surface area contributed by atoms with E-state index in [2.05, 4.69) is 4.74 Å². The van der Waals surface area contributed by atoms with Crippen LogP contribution in [0.5, 0.6) is 5.75 Å². The molecule has 0 bridgehead atoms. The number of carbonyl (C=O) groups is 1. The highest BCUT2D eigenvalue weighted by Crippen LogP contribution is 2.30. The van der Waals surface area contributed by atoms with E-state index < -0.39 is 6.61 Å². The van der Waals surface area contributed by atoms with Crippen LogP contribution in [0.15, 0.2) is 24.3 Å². The topological polar surface area (TPSA) is 26.3 Å². The SMILES string of the molecule is O=C(c1ccccc1OC(F)F)C1CCSC1. The van der Waals surface area contributed by atoms with Crippen LogP contribution in [0.3, 0.4) is 0 Å². The number of benzene rings is 1. The molecule has 17 heavy (non-hydrogen) atoms. The average Bonchev–Trinajstić information content (AvgIpc) is 2.81. The summed E-state index contributed by atoms with van der Waals surface area (Å²) in [5.41, 5.74) is 0.264. The Hall–Kier alpha value is -1.10. The van der Waals surface area contributed by atoms with Gasteiger partial charge < -0.3 is 4.74 Å². The first kappa shape index (κ1) is 12.4. The van der Waals surface area contributed by atoms with Crippen LogP contribution in [0.25, 0.3) is 0 Å². The third kappa shape index (κ3) is 2.97. The van der Waals surface area contributed by atoms with Crippen LogP contribution in [0.4, 0.5) is 8.78 Å². The van der Waals surface area contributed by atoms with E-state index in [1.807, 2.05) is 0 Å². The van der Waals surface area contributed by atoms with Gasteiger partial charge in [0.15, 0.2) is 5.78 Å². The fraction of sp³-hybridized carbons (Fsp3) is 0.417. The second-order valence-electron chi connectivity index (χ2n) is 3.80. The molecule has 1 saturated heterocycles. The van der Waals surface area contributed by atoms with Gasteiger partial charge in [-0.15, -0.1) is 0 Å². The normalized spacial score (nSPS) is 19.6. The van der Waals surface area contributed by atoms with Gasteiger partial charge in [0, 0.05) is 11.7 Å². The predicted molar refractivity (Wildman–Crippen MR) is 62.8 cm³/mol. The lowest BCUT2D eigenvalue weighted by atomic mass is 9.96. The molecular weight excluding hydrogens is 246 g/mol. The van der Waals surface area contributed by atoms with Gasteiger partial charge in [-0.05, 0) is 24.3 Å². The molecule has 0 amide bonds. The summed E-state index contributed by atoms with van der Waals surface area (Å²) in [6, 6.07) is 6.19. The first-order valence-electron chi connectivity index (χ1n) is 5.34. The summed E-state index contributed by atoms with van der Waals surface area (Å²) >= 11 is 1.72. The van der Waals surface area contributed by atoms with Crippen LogP contribution in [0.2, 0.25) is 0 Å². The fourth-order valence-electron chi connectivity index (χ4n) is 1.83. The highest BCUT2D eigenvalue weighted by atomic mass is 32.2. The Bertz CT molecular complexity index is 403. The molecule has 0 saturated carbocycles. The van der Waals surface area contributed by atoms with Gasteiger partial charge in [0.2, 0.25) is 0 Å². The number of Topliss-reactive ketones (excluding diaryl/α,β-unsaturated/α-hetero) is 1. The van der Waals surface area contributed by atoms with Gasteiger partial charge in [-0.25, -0.2) is 0 Å². The molecule has 1 aliphatic heterocycles. The van der Waals surface area contributed by atoms with E-state index in [0.717, 1.165) is 17.9 Å². The van der Waals surface area contributed by atoms with Gasteiger partial charge in [-0.2, -0.15) is 20.5 Å². The molecule has 0 radical (unpaired) electrons. The highest BCUT2D eigenvalue weighted by molar-refractivity contribution is 7.99. The number of hydrogen-bond acceptors (Lipinski definition) is 3. The summed E-state index contributed by atoms with van der Waals surface area (Å²) in [5.74, 6) is 1.54. The third-order valence-electron chi connectivity index (χ3n) is 2.67. The van der Waals surface area contributed by atoms with Gasteiger partial charge in [0.1, 0.15) is 5.75 Å². The quantitative estimate of drug-likeness (QED) is 0.776. The monoisotopic (exact) mass is 258 g/mol. The number of ether oxygens (including phenoxy) is 1. The van der Waals surface area contributed by atoms with E-state index >= 15 is 0 Å². The Morgan fingerprint density at radius 3 is 2.82 bits per heavy atom. The van der Waals surface area contributed by atoms with Crippen LogP contribution < -0.4 is 4.74 Å². The second kappa shape index (κ2) is 5.49. The molecule has 1 aromatic carbocycles. The van der Waals surface area contributed by atoms with Crippen LogP contribution in [0, 0.1) is 5.92 Å². The molecule has 0 N–H and O–H groups in total. The van der Waals surface area contributed by atoms with Crippen molar-refractivity contribution in [3.05, 3.63) is 29.8 Å². The summed E-state index contributed by atoms with van der Waals surface area (Å²) in [5, 5.41) is 0. The molecule has 1 unspecified atom stereocenters. The van der Waals surface area contributed by atoms with Crippen molar-refractivity contribution in [1.82, 2.24) is 0 Å². The van der Waals surface area contributed by atoms with Crippen LogP contribution in [-0.4, -0.2) is 23.9 Å². The summed E-state index contributed by atoms with van der Waals surface area (Å²) in [4.78, 5) is 12.1. The Morgan fingerprint density at radius 1 is 1.41 bits per heavy atom. The van der Waals surface area contributed by atoms with Crippen LogP contribution in [-0.2, 0) is 0 Å². The van der Waals surface area contributed by atoms with Crippen LogP contribution in [0.1, 0.15) is 16.8 Å². The minimum atomic E-state index is -2.90. The zero-order valence-corrected chi connectivity index (χ0v) is 9.88. The maximum atomic E-state index is 12.2. The molecule has 92 valence electrons. The van der Waals surface area contributed by atoms with E-state index in [9.17, 15) is 13.6 Å². The highest BCUT2D eigenvalue weighted by Gasteiger charge is 2.26. The van der Waals surface area contributed by atoms with E-state index in [1.54, 1.807) is 30.0 Å². The second-order valence-corrected chi connectivity index (χ2v) is 4.95. The van der Waals surface area contributed by atoms with E-state index in [1.165, 1.54) is 6.07 Å². The number of carbonyl (C=O) groups excluding carboxylic acids is 1. The van der Waals surface area contributed by atoms with Gasteiger partial charge in [0.25, 0.3) is 0 Å². The minimum Gasteiger partial charge on any atom is -0.434 e. The van der Waals surface area contributed by atoms with Crippen molar-refractivity contribution in [3.8, 4) is 5.75 Å². The summed E-state index contributed by atoms with van der Waals surface area (Å²) in [6.07, 6.45) is 0.812. The lowest BCUT2D eigenvalue weighted by Gasteiger charge is -2.12. The fourth-order valence-corrected chi connectivity index (χ4v) is 3.05. The molecule has 1 aromatic rings. The minimum absolute atomic E-state index is 0.0237. The third-order valence-corrected chi connectivity index (χ3v) is 3.83.